The van der Waals surface area contributed by atoms with Gasteiger partial charge in [0.25, 0.3) is 0 Å². The number of benzene rings is 1. The van der Waals surface area contributed by atoms with Crippen molar-refractivity contribution in [1.82, 2.24) is 5.32 Å². The zero-order valence-electron chi connectivity index (χ0n) is 11.2. The molecule has 0 amide bonds. The Kier molecular flexibility index (Phi) is 3.95. The van der Waals surface area contributed by atoms with Gasteiger partial charge in [-0.3, -0.25) is 0 Å². The Labute approximate surface area is 123 Å². The molecule has 2 aliphatic rings. The molecule has 0 unspecified atom stereocenters. The second kappa shape index (κ2) is 5.53. The van der Waals surface area contributed by atoms with Gasteiger partial charge in [0.1, 0.15) is 5.82 Å². The average Bonchev–Trinajstić information content (AvgIpc) is 3.12. The maximum atomic E-state index is 13.3. The molecule has 0 heterocycles. The summed E-state index contributed by atoms with van der Waals surface area (Å²) in [5, 5.41) is 3.70. The third-order valence-corrected chi connectivity index (χ3v) is 5.18. The third kappa shape index (κ3) is 3.38. The van der Waals surface area contributed by atoms with E-state index in [1.807, 2.05) is 12.1 Å². The highest BCUT2D eigenvalue weighted by atomic mass is 79.9. The van der Waals surface area contributed by atoms with E-state index in [2.05, 4.69) is 21.2 Å². The Morgan fingerprint density at radius 3 is 2.63 bits per heavy atom. The van der Waals surface area contributed by atoms with Crippen LogP contribution in [0.4, 0.5) is 4.39 Å². The molecule has 0 aliphatic heterocycles. The lowest BCUT2D eigenvalue weighted by Gasteiger charge is -2.30. The Bertz CT molecular complexity index is 450. The summed E-state index contributed by atoms with van der Waals surface area (Å²) in [4.78, 5) is 0. The topological polar surface area (TPSA) is 12.0 Å². The molecule has 19 heavy (non-hydrogen) atoms. The van der Waals surface area contributed by atoms with Gasteiger partial charge >= 0.3 is 0 Å². The molecule has 1 aromatic carbocycles. The summed E-state index contributed by atoms with van der Waals surface area (Å²) >= 11 is 3.29. The molecule has 1 aromatic rings. The second-order valence-electron chi connectivity index (χ2n) is 6.29. The molecule has 104 valence electrons. The van der Waals surface area contributed by atoms with E-state index in [9.17, 15) is 4.39 Å². The van der Waals surface area contributed by atoms with Gasteiger partial charge in [0.2, 0.25) is 0 Å². The highest BCUT2D eigenvalue weighted by Gasteiger charge is 2.35. The summed E-state index contributed by atoms with van der Waals surface area (Å²) in [6.07, 6.45) is 9.06. The van der Waals surface area contributed by atoms with E-state index in [0.29, 0.717) is 9.89 Å². The minimum Gasteiger partial charge on any atom is -0.313 e. The molecule has 0 atom stereocenters. The van der Waals surface area contributed by atoms with Crippen LogP contribution in [0.1, 0.15) is 44.1 Å². The van der Waals surface area contributed by atoms with E-state index in [1.165, 1.54) is 44.1 Å². The van der Waals surface area contributed by atoms with Crippen molar-refractivity contribution >= 4 is 15.9 Å². The predicted octanol–water partition coefficient (Wildman–Crippen LogP) is 4.44. The van der Waals surface area contributed by atoms with Crippen molar-refractivity contribution in [2.45, 2.75) is 51.0 Å². The fourth-order valence-electron chi connectivity index (χ4n) is 3.27. The first-order chi connectivity index (χ1) is 9.17. The third-order valence-electron chi connectivity index (χ3n) is 4.57. The molecule has 3 heteroatoms. The average molecular weight is 326 g/mol. The van der Waals surface area contributed by atoms with Crippen molar-refractivity contribution in [2.75, 3.05) is 6.54 Å². The van der Waals surface area contributed by atoms with Crippen LogP contribution in [0.15, 0.2) is 22.7 Å². The molecule has 3 rings (SSSR count). The van der Waals surface area contributed by atoms with Crippen LogP contribution in [-0.2, 0) is 6.42 Å². The van der Waals surface area contributed by atoms with Crippen LogP contribution in [0.3, 0.4) is 0 Å². The molecule has 1 nitrogen and oxygen atoms in total. The van der Waals surface area contributed by atoms with Gasteiger partial charge in [-0.15, -0.1) is 0 Å². The van der Waals surface area contributed by atoms with Crippen molar-refractivity contribution in [3.8, 4) is 0 Å². The Morgan fingerprint density at radius 1 is 1.26 bits per heavy atom. The molecule has 0 bridgehead atoms. The van der Waals surface area contributed by atoms with Gasteiger partial charge < -0.3 is 5.32 Å². The molecule has 2 saturated carbocycles. The van der Waals surface area contributed by atoms with E-state index in [1.54, 1.807) is 6.07 Å². The first-order valence-electron chi connectivity index (χ1n) is 7.34. The second-order valence-corrected chi connectivity index (χ2v) is 7.14. The summed E-state index contributed by atoms with van der Waals surface area (Å²) in [6.45, 7) is 1.13. The lowest BCUT2D eigenvalue weighted by molar-refractivity contribution is 0.276. The zero-order chi connectivity index (χ0) is 13.3. The summed E-state index contributed by atoms with van der Waals surface area (Å²) in [5.41, 5.74) is 1.66. The molecule has 2 aliphatic carbocycles. The van der Waals surface area contributed by atoms with Crippen LogP contribution in [0, 0.1) is 11.2 Å². The van der Waals surface area contributed by atoms with Crippen molar-refractivity contribution in [1.29, 1.82) is 0 Å². The molecule has 0 saturated heterocycles. The summed E-state index contributed by atoms with van der Waals surface area (Å²) in [5.74, 6) is -0.166. The number of halogens is 2. The number of rotatable bonds is 5. The fraction of sp³-hybridized carbons (Fsp3) is 0.625. The monoisotopic (exact) mass is 325 g/mol. The van der Waals surface area contributed by atoms with E-state index < -0.39 is 0 Å². The molecule has 1 N–H and O–H groups in total. The minimum atomic E-state index is -0.166. The molecule has 0 radical (unpaired) electrons. The van der Waals surface area contributed by atoms with Crippen LogP contribution in [-0.4, -0.2) is 12.6 Å². The van der Waals surface area contributed by atoms with Crippen LogP contribution in [0.25, 0.3) is 0 Å². The first-order valence-corrected chi connectivity index (χ1v) is 8.14. The zero-order valence-corrected chi connectivity index (χ0v) is 12.8. The first kappa shape index (κ1) is 13.6. The highest BCUT2D eigenvalue weighted by molar-refractivity contribution is 9.10. The Balaban J connectivity index is 1.70. The van der Waals surface area contributed by atoms with Gasteiger partial charge in [-0.25, -0.2) is 4.39 Å². The molecule has 0 spiro atoms. The molecule has 2 fully saturated rings. The van der Waals surface area contributed by atoms with E-state index in [0.717, 1.165) is 19.0 Å². The van der Waals surface area contributed by atoms with Crippen molar-refractivity contribution in [3.05, 3.63) is 34.1 Å². The quantitative estimate of drug-likeness (QED) is 0.843. The van der Waals surface area contributed by atoms with Gasteiger partial charge in [-0.1, -0.05) is 18.9 Å². The van der Waals surface area contributed by atoms with Crippen molar-refractivity contribution in [2.24, 2.45) is 5.41 Å². The summed E-state index contributed by atoms with van der Waals surface area (Å²) in [6, 6.07) is 6.25. The Morgan fingerprint density at radius 2 is 2.00 bits per heavy atom. The summed E-state index contributed by atoms with van der Waals surface area (Å²) < 4.78 is 13.9. The maximum Gasteiger partial charge on any atom is 0.137 e. The predicted molar refractivity (Wildman–Crippen MR) is 79.7 cm³/mol. The standard InChI is InChI=1S/C16H21BrFN/c17-14-9-12(3-6-15(14)18)10-16(7-1-2-8-16)11-19-13-4-5-13/h3,6,9,13,19H,1-2,4-5,7-8,10-11H2. The lowest BCUT2D eigenvalue weighted by atomic mass is 9.80. The molecular formula is C16H21BrFN. The lowest BCUT2D eigenvalue weighted by Crippen LogP contribution is -2.35. The normalized spacial score (nSPS) is 21.8. The maximum absolute atomic E-state index is 13.3. The smallest absolute Gasteiger partial charge is 0.137 e. The fourth-order valence-corrected chi connectivity index (χ4v) is 3.70. The van der Waals surface area contributed by atoms with E-state index >= 15 is 0 Å². The van der Waals surface area contributed by atoms with Crippen molar-refractivity contribution in [3.63, 3.8) is 0 Å². The van der Waals surface area contributed by atoms with Gasteiger partial charge in [-0.2, -0.15) is 0 Å². The summed E-state index contributed by atoms with van der Waals surface area (Å²) in [7, 11) is 0. The number of nitrogens with one attached hydrogen (secondary N) is 1. The van der Waals surface area contributed by atoms with Gasteiger partial charge in [-0.05, 0) is 71.1 Å². The number of hydrogen-bond acceptors (Lipinski definition) is 1. The van der Waals surface area contributed by atoms with Crippen LogP contribution in [0.5, 0.6) is 0 Å². The minimum absolute atomic E-state index is 0.166. The molecular weight excluding hydrogens is 305 g/mol. The highest BCUT2D eigenvalue weighted by Crippen LogP contribution is 2.41. The van der Waals surface area contributed by atoms with Crippen LogP contribution in [0.2, 0.25) is 0 Å². The van der Waals surface area contributed by atoms with Crippen molar-refractivity contribution < 1.29 is 4.39 Å². The van der Waals surface area contributed by atoms with Gasteiger partial charge in [0.05, 0.1) is 4.47 Å². The molecule has 0 aromatic heterocycles. The van der Waals surface area contributed by atoms with E-state index in [-0.39, 0.29) is 5.82 Å². The SMILES string of the molecule is Fc1ccc(CC2(CNC3CC3)CCCC2)cc1Br. The van der Waals surface area contributed by atoms with Gasteiger partial charge in [0, 0.05) is 12.6 Å². The van der Waals surface area contributed by atoms with Crippen LogP contribution >= 0.6 is 15.9 Å². The van der Waals surface area contributed by atoms with E-state index in [4.69, 9.17) is 0 Å². The Hall–Kier alpha value is -0.410. The van der Waals surface area contributed by atoms with Crippen LogP contribution < -0.4 is 5.32 Å². The van der Waals surface area contributed by atoms with Gasteiger partial charge in [0.15, 0.2) is 0 Å². The largest absolute Gasteiger partial charge is 0.313 e. The number of hydrogen-bond donors (Lipinski definition) is 1.